The lowest BCUT2D eigenvalue weighted by Gasteiger charge is -2.16. The quantitative estimate of drug-likeness (QED) is 0.402. The van der Waals surface area contributed by atoms with Gasteiger partial charge in [-0.15, -0.1) is 0 Å². The number of ketones is 1. The van der Waals surface area contributed by atoms with Crippen LogP contribution in [0.2, 0.25) is 0 Å². The second kappa shape index (κ2) is 9.11. The summed E-state index contributed by atoms with van der Waals surface area (Å²) in [5, 5.41) is 0. The minimum absolute atomic E-state index is 0.0540. The molecule has 1 aliphatic rings. The molecule has 1 atom stereocenters. The van der Waals surface area contributed by atoms with E-state index in [0.717, 1.165) is 29.5 Å². The highest BCUT2D eigenvalue weighted by molar-refractivity contribution is 5.98. The zero-order valence-electron chi connectivity index (χ0n) is 20.2. The van der Waals surface area contributed by atoms with Crippen LogP contribution in [0, 0.1) is 20.8 Å². The lowest BCUT2D eigenvalue weighted by Crippen LogP contribution is -2.42. The van der Waals surface area contributed by atoms with E-state index in [-0.39, 0.29) is 36.1 Å². The lowest BCUT2D eigenvalue weighted by molar-refractivity contribution is 0.0947. The van der Waals surface area contributed by atoms with Crippen molar-refractivity contribution >= 4 is 16.9 Å². The lowest BCUT2D eigenvalue weighted by atomic mass is 10.0. The third-order valence-corrected chi connectivity index (χ3v) is 6.66. The average Bonchev–Trinajstić information content (AvgIpc) is 3.48. The molecule has 2 aromatic carbocycles. The summed E-state index contributed by atoms with van der Waals surface area (Å²) in [6.45, 7) is 6.51. The maximum Gasteiger partial charge on any atom is 0.337 e. The third-order valence-electron chi connectivity index (χ3n) is 6.66. The van der Waals surface area contributed by atoms with E-state index in [0.29, 0.717) is 17.9 Å². The number of carbonyl (C=O) groups is 1. The molecule has 1 aliphatic heterocycles. The Morgan fingerprint density at radius 1 is 1.09 bits per heavy atom. The summed E-state index contributed by atoms with van der Waals surface area (Å²) >= 11 is 0. The molecule has 0 unspecified atom stereocenters. The summed E-state index contributed by atoms with van der Waals surface area (Å²) in [4.78, 5) is 44.9. The number of aryl methyl sites for hydroxylation is 3. The van der Waals surface area contributed by atoms with Crippen molar-refractivity contribution in [3.8, 4) is 5.69 Å². The van der Waals surface area contributed by atoms with Crippen LogP contribution in [-0.4, -0.2) is 37.2 Å². The average molecular weight is 473 g/mol. The van der Waals surface area contributed by atoms with Gasteiger partial charge in [-0.2, -0.15) is 0 Å². The highest BCUT2D eigenvalue weighted by atomic mass is 16.5. The predicted octanol–water partition coefficient (Wildman–Crippen LogP) is 3.34. The van der Waals surface area contributed by atoms with Gasteiger partial charge in [0.2, 0.25) is 0 Å². The number of aromatic nitrogens is 4. The van der Waals surface area contributed by atoms with Crippen LogP contribution < -0.4 is 11.2 Å². The van der Waals surface area contributed by atoms with E-state index in [4.69, 9.17) is 4.74 Å². The molecule has 35 heavy (non-hydrogen) atoms. The standard InChI is InChI=1S/C27H28N4O4/c1-17-10-11-21(19(3)13-17)23(32)15-29-16-28-25-24(29)26(33)30(14-20-8-6-12-35-20)27(34)31(25)22-9-5-4-7-18(22)2/h4-5,7,9-11,13,16,20H,6,8,12,14-15H2,1-3H3/t20-/m0/s1. The first-order chi connectivity index (χ1) is 16.8. The van der Waals surface area contributed by atoms with Crippen molar-refractivity contribution in [2.24, 2.45) is 0 Å². The highest BCUT2D eigenvalue weighted by Gasteiger charge is 2.24. The molecule has 5 rings (SSSR count). The van der Waals surface area contributed by atoms with E-state index in [1.807, 2.05) is 63.2 Å². The number of hydrogen-bond acceptors (Lipinski definition) is 5. The molecule has 8 heteroatoms. The molecule has 0 spiro atoms. The van der Waals surface area contributed by atoms with Gasteiger partial charge in [-0.1, -0.05) is 42.0 Å². The molecule has 180 valence electrons. The monoisotopic (exact) mass is 472 g/mol. The molecule has 4 aromatic rings. The van der Waals surface area contributed by atoms with Gasteiger partial charge >= 0.3 is 5.69 Å². The van der Waals surface area contributed by atoms with Crippen LogP contribution in [-0.2, 0) is 17.8 Å². The first kappa shape index (κ1) is 23.0. The SMILES string of the molecule is Cc1ccc(C(=O)Cn2cnc3c2c(=O)n(C[C@@H]2CCCO2)c(=O)n3-c2ccccc2C)c(C)c1. The van der Waals surface area contributed by atoms with E-state index < -0.39 is 11.2 Å². The second-order valence-corrected chi connectivity index (χ2v) is 9.24. The highest BCUT2D eigenvalue weighted by Crippen LogP contribution is 2.19. The Balaban J connectivity index is 1.69. The minimum atomic E-state index is -0.462. The van der Waals surface area contributed by atoms with Crippen molar-refractivity contribution in [3.05, 3.63) is 91.9 Å². The number of rotatable bonds is 6. The summed E-state index contributed by atoms with van der Waals surface area (Å²) in [5.41, 5.74) is 3.63. The number of para-hydroxylation sites is 1. The number of nitrogens with zero attached hydrogens (tertiary/aromatic N) is 4. The number of Topliss-reactive ketones (excluding diaryl/α,β-unsaturated/α-hetero) is 1. The van der Waals surface area contributed by atoms with Crippen molar-refractivity contribution in [2.45, 2.75) is 52.8 Å². The molecule has 2 aromatic heterocycles. The Labute approximate surface area is 202 Å². The molecule has 0 bridgehead atoms. The molecule has 0 radical (unpaired) electrons. The number of hydrogen-bond donors (Lipinski definition) is 0. The zero-order valence-corrected chi connectivity index (χ0v) is 20.2. The molecular formula is C27H28N4O4. The predicted molar refractivity (Wildman–Crippen MR) is 134 cm³/mol. The maximum atomic E-state index is 13.6. The van der Waals surface area contributed by atoms with Crippen molar-refractivity contribution in [1.29, 1.82) is 0 Å². The van der Waals surface area contributed by atoms with Crippen LogP contribution in [0.5, 0.6) is 0 Å². The third kappa shape index (κ3) is 4.14. The van der Waals surface area contributed by atoms with Crippen LogP contribution in [0.25, 0.3) is 16.9 Å². The summed E-state index contributed by atoms with van der Waals surface area (Å²) in [5.74, 6) is -0.125. The normalized spacial score (nSPS) is 15.7. The maximum absolute atomic E-state index is 13.6. The van der Waals surface area contributed by atoms with Crippen molar-refractivity contribution in [2.75, 3.05) is 6.61 Å². The minimum Gasteiger partial charge on any atom is -0.376 e. The van der Waals surface area contributed by atoms with Gasteiger partial charge in [-0.05, 0) is 50.8 Å². The van der Waals surface area contributed by atoms with Gasteiger partial charge in [0.1, 0.15) is 0 Å². The van der Waals surface area contributed by atoms with Crippen LogP contribution in [0.4, 0.5) is 0 Å². The summed E-state index contributed by atoms with van der Waals surface area (Å²) in [7, 11) is 0. The zero-order chi connectivity index (χ0) is 24.7. The van der Waals surface area contributed by atoms with E-state index in [9.17, 15) is 14.4 Å². The van der Waals surface area contributed by atoms with Crippen LogP contribution in [0.15, 0.2) is 58.4 Å². The number of imidazole rings is 1. The van der Waals surface area contributed by atoms with E-state index in [1.165, 1.54) is 15.5 Å². The molecule has 1 fully saturated rings. The molecular weight excluding hydrogens is 444 g/mol. The summed E-state index contributed by atoms with van der Waals surface area (Å²) in [6.07, 6.45) is 2.96. The van der Waals surface area contributed by atoms with Crippen LogP contribution in [0.1, 0.15) is 39.9 Å². The molecule has 0 saturated carbocycles. The van der Waals surface area contributed by atoms with Crippen LogP contribution in [0.3, 0.4) is 0 Å². The number of ether oxygens (including phenoxy) is 1. The molecule has 3 heterocycles. The second-order valence-electron chi connectivity index (χ2n) is 9.24. The topological polar surface area (TPSA) is 88.1 Å². The van der Waals surface area contributed by atoms with Gasteiger partial charge < -0.3 is 9.30 Å². The Bertz CT molecular complexity index is 1550. The summed E-state index contributed by atoms with van der Waals surface area (Å²) in [6, 6.07) is 13.1. The van der Waals surface area contributed by atoms with Gasteiger partial charge in [0.05, 0.1) is 31.2 Å². The van der Waals surface area contributed by atoms with E-state index in [1.54, 1.807) is 4.57 Å². The van der Waals surface area contributed by atoms with E-state index in [2.05, 4.69) is 4.98 Å². The summed E-state index contributed by atoms with van der Waals surface area (Å²) < 4.78 is 9.97. The molecule has 1 saturated heterocycles. The Hall–Kier alpha value is -3.78. The molecule has 8 nitrogen and oxygen atoms in total. The smallest absolute Gasteiger partial charge is 0.337 e. The number of benzene rings is 2. The molecule has 0 aliphatic carbocycles. The van der Waals surface area contributed by atoms with Crippen molar-refractivity contribution in [3.63, 3.8) is 0 Å². The Morgan fingerprint density at radius 2 is 1.89 bits per heavy atom. The van der Waals surface area contributed by atoms with E-state index >= 15 is 0 Å². The fraction of sp³-hybridized carbons (Fsp3) is 0.333. The Kier molecular flexibility index (Phi) is 5.98. The van der Waals surface area contributed by atoms with Crippen LogP contribution >= 0.6 is 0 Å². The largest absolute Gasteiger partial charge is 0.376 e. The van der Waals surface area contributed by atoms with Gasteiger partial charge in [0, 0.05) is 12.2 Å². The fourth-order valence-electron chi connectivity index (χ4n) is 4.85. The molecule has 0 N–H and O–H groups in total. The number of carbonyl (C=O) groups excluding carboxylic acids is 1. The van der Waals surface area contributed by atoms with Gasteiger partial charge in [0.25, 0.3) is 5.56 Å². The van der Waals surface area contributed by atoms with Gasteiger partial charge in [-0.3, -0.25) is 14.2 Å². The van der Waals surface area contributed by atoms with Gasteiger partial charge in [-0.25, -0.2) is 14.3 Å². The Morgan fingerprint density at radius 3 is 2.60 bits per heavy atom. The van der Waals surface area contributed by atoms with Gasteiger partial charge in [0.15, 0.2) is 16.9 Å². The first-order valence-corrected chi connectivity index (χ1v) is 11.8. The number of fused-ring (bicyclic) bond motifs is 1. The van der Waals surface area contributed by atoms with Crippen molar-refractivity contribution in [1.82, 2.24) is 18.7 Å². The fourth-order valence-corrected chi connectivity index (χ4v) is 4.85. The van der Waals surface area contributed by atoms with Crippen molar-refractivity contribution < 1.29 is 9.53 Å². The molecule has 0 amide bonds. The first-order valence-electron chi connectivity index (χ1n) is 11.8.